The van der Waals surface area contributed by atoms with Crippen LogP contribution in [0.4, 0.5) is 13.2 Å². The molecule has 1 aromatic carbocycles. The topological polar surface area (TPSA) is 21.3 Å². The van der Waals surface area contributed by atoms with Crippen LogP contribution in [0.1, 0.15) is 17.9 Å². The molecule has 0 aromatic heterocycles. The van der Waals surface area contributed by atoms with Gasteiger partial charge in [-0.25, -0.2) is 0 Å². The van der Waals surface area contributed by atoms with Gasteiger partial charge < -0.3 is 10.1 Å². The Hall–Kier alpha value is -1.23. The highest BCUT2D eigenvalue weighted by Gasteiger charge is 2.33. The summed E-state index contributed by atoms with van der Waals surface area (Å²) < 4.78 is 40.5. The highest BCUT2D eigenvalue weighted by molar-refractivity contribution is 5.37. The number of rotatable bonds is 2. The number of alkyl halides is 3. The summed E-state index contributed by atoms with van der Waals surface area (Å²) >= 11 is 0. The van der Waals surface area contributed by atoms with Crippen LogP contribution in [0.2, 0.25) is 0 Å². The fourth-order valence-corrected chi connectivity index (χ4v) is 1.96. The lowest BCUT2D eigenvalue weighted by Gasteiger charge is -2.16. The molecular weight excluding hydrogens is 219 g/mol. The smallest absolute Gasteiger partial charge is 0.405 e. The molecule has 1 saturated heterocycles. The summed E-state index contributed by atoms with van der Waals surface area (Å²) in [6.07, 6.45) is -3.78. The van der Waals surface area contributed by atoms with Gasteiger partial charge in [0.2, 0.25) is 0 Å². The van der Waals surface area contributed by atoms with Crippen LogP contribution in [0.5, 0.6) is 5.75 Å². The van der Waals surface area contributed by atoms with Crippen LogP contribution in [0.25, 0.3) is 0 Å². The summed E-state index contributed by atoms with van der Waals surface area (Å²) in [7, 11) is 0. The molecule has 0 aliphatic carbocycles. The van der Waals surface area contributed by atoms with Gasteiger partial charge in [-0.2, -0.15) is 0 Å². The number of hydrogen-bond donors (Lipinski definition) is 1. The van der Waals surface area contributed by atoms with Crippen molar-refractivity contribution in [1.29, 1.82) is 0 Å². The van der Waals surface area contributed by atoms with Crippen LogP contribution in [-0.2, 0) is 0 Å². The van der Waals surface area contributed by atoms with E-state index in [-0.39, 0.29) is 11.7 Å². The molecule has 1 aliphatic rings. The minimum absolute atomic E-state index is 0.0799. The third-order valence-electron chi connectivity index (χ3n) is 2.64. The Kier molecular flexibility index (Phi) is 3.05. The maximum atomic E-state index is 12.2. The van der Waals surface area contributed by atoms with E-state index in [0.29, 0.717) is 12.1 Å². The summed E-state index contributed by atoms with van der Waals surface area (Å²) in [6.45, 7) is 1.54. The van der Waals surface area contributed by atoms with E-state index in [2.05, 4.69) is 10.1 Å². The lowest BCUT2D eigenvalue weighted by molar-refractivity contribution is -0.274. The third kappa shape index (κ3) is 2.66. The molecular formula is C11H12F3NO. The number of benzene rings is 1. The van der Waals surface area contributed by atoms with E-state index in [1.807, 2.05) is 0 Å². The monoisotopic (exact) mass is 231 g/mol. The second-order valence-electron chi connectivity index (χ2n) is 3.78. The van der Waals surface area contributed by atoms with Crippen molar-refractivity contribution in [2.45, 2.75) is 18.7 Å². The van der Waals surface area contributed by atoms with Crippen molar-refractivity contribution in [3.8, 4) is 5.75 Å². The van der Waals surface area contributed by atoms with Crippen LogP contribution in [0.15, 0.2) is 24.3 Å². The van der Waals surface area contributed by atoms with Crippen LogP contribution in [-0.4, -0.2) is 19.5 Å². The average molecular weight is 231 g/mol. The van der Waals surface area contributed by atoms with Gasteiger partial charge in [-0.05, 0) is 24.6 Å². The average Bonchev–Trinajstić information content (AvgIpc) is 2.69. The molecule has 2 nitrogen and oxygen atoms in total. The lowest BCUT2D eigenvalue weighted by Crippen LogP contribution is -2.19. The highest BCUT2D eigenvalue weighted by Crippen LogP contribution is 2.33. The van der Waals surface area contributed by atoms with Crippen LogP contribution >= 0.6 is 0 Å². The molecule has 1 aromatic rings. The molecule has 88 valence electrons. The number of para-hydroxylation sites is 1. The molecule has 0 radical (unpaired) electrons. The van der Waals surface area contributed by atoms with Gasteiger partial charge in [-0.15, -0.1) is 13.2 Å². The Labute approximate surface area is 91.4 Å². The number of ether oxygens (including phenoxy) is 1. The zero-order valence-electron chi connectivity index (χ0n) is 8.55. The Balaban J connectivity index is 2.23. The minimum atomic E-state index is -4.62. The molecule has 0 spiro atoms. The Morgan fingerprint density at radius 3 is 2.62 bits per heavy atom. The van der Waals surface area contributed by atoms with Crippen molar-refractivity contribution >= 4 is 0 Å². The number of nitrogens with one attached hydrogen (secondary N) is 1. The fourth-order valence-electron chi connectivity index (χ4n) is 1.96. The van der Waals surface area contributed by atoms with E-state index in [1.54, 1.807) is 18.2 Å². The van der Waals surface area contributed by atoms with Crippen molar-refractivity contribution in [3.63, 3.8) is 0 Å². The van der Waals surface area contributed by atoms with Crippen molar-refractivity contribution in [2.24, 2.45) is 0 Å². The third-order valence-corrected chi connectivity index (χ3v) is 2.64. The Bertz CT molecular complexity index is 358. The molecule has 1 heterocycles. The molecule has 0 bridgehead atoms. The molecule has 1 fully saturated rings. The summed E-state index contributed by atoms with van der Waals surface area (Å²) in [5, 5.41) is 3.12. The predicted molar refractivity (Wildman–Crippen MR) is 53.4 cm³/mol. The molecule has 2 rings (SSSR count). The SMILES string of the molecule is FC(F)(F)Oc1ccccc1C1CCNC1. The summed E-state index contributed by atoms with van der Waals surface area (Å²) in [6, 6.07) is 6.34. The zero-order valence-corrected chi connectivity index (χ0v) is 8.55. The van der Waals surface area contributed by atoms with Gasteiger partial charge in [0.05, 0.1) is 0 Å². The van der Waals surface area contributed by atoms with Gasteiger partial charge in [0, 0.05) is 12.5 Å². The first-order chi connectivity index (χ1) is 7.56. The summed E-state index contributed by atoms with van der Waals surface area (Å²) in [5.74, 6) is 0.0299. The first-order valence-electron chi connectivity index (χ1n) is 5.11. The first kappa shape index (κ1) is 11.3. The van der Waals surface area contributed by atoms with Crippen LogP contribution in [0, 0.1) is 0 Å². The van der Waals surface area contributed by atoms with Crippen molar-refractivity contribution < 1.29 is 17.9 Å². The molecule has 0 saturated carbocycles. The minimum Gasteiger partial charge on any atom is -0.405 e. The van der Waals surface area contributed by atoms with E-state index in [4.69, 9.17) is 0 Å². The molecule has 0 amide bonds. The molecule has 16 heavy (non-hydrogen) atoms. The number of hydrogen-bond acceptors (Lipinski definition) is 2. The van der Waals surface area contributed by atoms with Gasteiger partial charge in [0.15, 0.2) is 0 Å². The van der Waals surface area contributed by atoms with Crippen molar-refractivity contribution in [3.05, 3.63) is 29.8 Å². The van der Waals surface area contributed by atoms with Gasteiger partial charge in [-0.3, -0.25) is 0 Å². The Morgan fingerprint density at radius 2 is 2.00 bits per heavy atom. The predicted octanol–water partition coefficient (Wildman–Crippen LogP) is 2.66. The van der Waals surface area contributed by atoms with E-state index >= 15 is 0 Å². The quantitative estimate of drug-likeness (QED) is 0.844. The number of halogens is 3. The standard InChI is InChI=1S/C11H12F3NO/c12-11(13,14)16-10-4-2-1-3-9(10)8-5-6-15-7-8/h1-4,8,15H,5-7H2. The van der Waals surface area contributed by atoms with Gasteiger partial charge in [0.25, 0.3) is 0 Å². The molecule has 1 N–H and O–H groups in total. The van der Waals surface area contributed by atoms with Crippen molar-refractivity contribution in [2.75, 3.05) is 13.1 Å². The zero-order chi connectivity index (χ0) is 11.6. The maximum Gasteiger partial charge on any atom is 0.573 e. The molecule has 1 aliphatic heterocycles. The van der Waals surface area contributed by atoms with E-state index < -0.39 is 6.36 Å². The first-order valence-corrected chi connectivity index (χ1v) is 5.11. The fraction of sp³-hybridized carbons (Fsp3) is 0.455. The van der Waals surface area contributed by atoms with Gasteiger partial charge in [0.1, 0.15) is 5.75 Å². The van der Waals surface area contributed by atoms with E-state index in [0.717, 1.165) is 13.0 Å². The van der Waals surface area contributed by atoms with Gasteiger partial charge >= 0.3 is 6.36 Å². The largest absolute Gasteiger partial charge is 0.573 e. The maximum absolute atomic E-state index is 12.2. The molecule has 1 atom stereocenters. The molecule has 5 heteroatoms. The Morgan fingerprint density at radius 1 is 1.25 bits per heavy atom. The summed E-state index contributed by atoms with van der Waals surface area (Å²) in [5.41, 5.74) is 0.629. The van der Waals surface area contributed by atoms with E-state index in [1.165, 1.54) is 6.07 Å². The second-order valence-corrected chi connectivity index (χ2v) is 3.78. The second kappa shape index (κ2) is 4.33. The van der Waals surface area contributed by atoms with E-state index in [9.17, 15) is 13.2 Å². The van der Waals surface area contributed by atoms with Crippen LogP contribution < -0.4 is 10.1 Å². The van der Waals surface area contributed by atoms with Crippen LogP contribution in [0.3, 0.4) is 0 Å². The highest BCUT2D eigenvalue weighted by atomic mass is 19.4. The molecule has 1 unspecified atom stereocenters. The summed E-state index contributed by atoms with van der Waals surface area (Å²) in [4.78, 5) is 0. The van der Waals surface area contributed by atoms with Gasteiger partial charge in [-0.1, -0.05) is 18.2 Å². The normalized spacial score (nSPS) is 21.1. The van der Waals surface area contributed by atoms with Crippen molar-refractivity contribution in [1.82, 2.24) is 5.32 Å². The lowest BCUT2D eigenvalue weighted by atomic mass is 9.97.